The summed E-state index contributed by atoms with van der Waals surface area (Å²) in [5.74, 6) is 1.29. The first kappa shape index (κ1) is 15.5. The molecule has 0 atom stereocenters. The van der Waals surface area contributed by atoms with E-state index >= 15 is 0 Å². The zero-order valence-electron chi connectivity index (χ0n) is 13.6. The molecule has 0 aromatic heterocycles. The van der Waals surface area contributed by atoms with Gasteiger partial charge in [-0.2, -0.15) is 0 Å². The monoisotopic (exact) mass is 296 g/mol. The Morgan fingerprint density at radius 1 is 0.818 bits per heavy atom. The van der Waals surface area contributed by atoms with Crippen LogP contribution in [0.25, 0.3) is 5.57 Å². The lowest BCUT2D eigenvalue weighted by molar-refractivity contribution is -0.118. The van der Waals surface area contributed by atoms with Crippen LogP contribution >= 0.6 is 0 Å². The second-order valence-electron chi connectivity index (χ2n) is 7.04. The molecular weight excluding hydrogens is 268 g/mol. The molecular formula is C21H28O. The fraction of sp³-hybridized carbons (Fsp3) is 0.571. The smallest absolute Gasteiger partial charge is 0.166 e. The summed E-state index contributed by atoms with van der Waals surface area (Å²) in [4.78, 5) is 13.1. The lowest BCUT2D eigenvalue weighted by Gasteiger charge is -2.24. The molecule has 0 radical (unpaired) electrons. The highest BCUT2D eigenvalue weighted by atomic mass is 16.1. The SMILES string of the molecule is O=C(/C(=C/C1CCCCC1)c1ccccc1)C1CCCCC1. The van der Waals surface area contributed by atoms with Gasteiger partial charge in [0, 0.05) is 11.5 Å². The number of rotatable bonds is 4. The Kier molecular flexibility index (Phi) is 5.48. The Labute approximate surface area is 134 Å². The zero-order chi connectivity index (χ0) is 15.2. The highest BCUT2D eigenvalue weighted by Crippen LogP contribution is 2.33. The minimum Gasteiger partial charge on any atom is -0.294 e. The van der Waals surface area contributed by atoms with Gasteiger partial charge in [0.1, 0.15) is 0 Å². The molecule has 2 fully saturated rings. The maximum atomic E-state index is 13.1. The molecule has 1 aromatic carbocycles. The van der Waals surface area contributed by atoms with Gasteiger partial charge >= 0.3 is 0 Å². The summed E-state index contributed by atoms with van der Waals surface area (Å²) in [5, 5.41) is 0. The van der Waals surface area contributed by atoms with Crippen LogP contribution in [0, 0.1) is 11.8 Å². The Bertz CT molecular complexity index is 502. The average Bonchev–Trinajstić information content (AvgIpc) is 2.61. The summed E-state index contributed by atoms with van der Waals surface area (Å²) >= 11 is 0. The van der Waals surface area contributed by atoms with Crippen molar-refractivity contribution in [1.82, 2.24) is 0 Å². The zero-order valence-corrected chi connectivity index (χ0v) is 13.6. The standard InChI is InChI=1S/C21H28O/c22-21(19-14-8-3-9-15-19)20(18-12-6-2-7-13-18)16-17-10-4-1-5-11-17/h2,6-7,12-13,16-17,19H,1,3-5,8-11,14-15H2/b20-16+. The van der Waals surface area contributed by atoms with Gasteiger partial charge in [-0.1, -0.05) is 74.9 Å². The average molecular weight is 296 g/mol. The normalized spacial score (nSPS) is 21.7. The minimum absolute atomic E-state index is 0.267. The van der Waals surface area contributed by atoms with E-state index in [0.717, 1.165) is 24.0 Å². The molecule has 2 aliphatic carbocycles. The fourth-order valence-electron chi connectivity index (χ4n) is 4.06. The molecule has 0 aliphatic heterocycles. The van der Waals surface area contributed by atoms with Crippen molar-refractivity contribution in [3.8, 4) is 0 Å². The molecule has 0 saturated heterocycles. The number of allylic oxidation sites excluding steroid dienone is 2. The second-order valence-corrected chi connectivity index (χ2v) is 7.04. The number of carbonyl (C=O) groups is 1. The molecule has 2 aliphatic rings. The number of ketones is 1. The van der Waals surface area contributed by atoms with Crippen LogP contribution in [-0.2, 0) is 4.79 Å². The fourth-order valence-corrected chi connectivity index (χ4v) is 4.06. The predicted octanol–water partition coefficient (Wildman–Crippen LogP) is 5.80. The third-order valence-electron chi connectivity index (χ3n) is 5.38. The van der Waals surface area contributed by atoms with Gasteiger partial charge in [0.15, 0.2) is 5.78 Å². The van der Waals surface area contributed by atoms with Crippen molar-refractivity contribution in [2.75, 3.05) is 0 Å². The number of benzene rings is 1. The third-order valence-corrected chi connectivity index (χ3v) is 5.38. The molecule has 1 aromatic rings. The number of carbonyl (C=O) groups excluding carboxylic acids is 1. The van der Waals surface area contributed by atoms with E-state index in [2.05, 4.69) is 30.3 Å². The quantitative estimate of drug-likeness (QED) is 0.642. The summed E-state index contributed by atoms with van der Waals surface area (Å²) in [6, 6.07) is 10.4. The Morgan fingerprint density at radius 3 is 2.05 bits per heavy atom. The van der Waals surface area contributed by atoms with Gasteiger partial charge < -0.3 is 0 Å². The van der Waals surface area contributed by atoms with Crippen LogP contribution < -0.4 is 0 Å². The second kappa shape index (κ2) is 7.76. The van der Waals surface area contributed by atoms with Gasteiger partial charge in [-0.15, -0.1) is 0 Å². The lowest BCUT2D eigenvalue weighted by atomic mass is 9.80. The Hall–Kier alpha value is -1.37. The van der Waals surface area contributed by atoms with Crippen LogP contribution in [0.1, 0.15) is 69.8 Å². The van der Waals surface area contributed by atoms with Crippen LogP contribution in [0.4, 0.5) is 0 Å². The van der Waals surface area contributed by atoms with E-state index in [1.54, 1.807) is 0 Å². The molecule has 0 heterocycles. The van der Waals surface area contributed by atoms with Crippen molar-refractivity contribution >= 4 is 11.4 Å². The third kappa shape index (κ3) is 3.88. The number of hydrogen-bond acceptors (Lipinski definition) is 1. The summed E-state index contributed by atoms with van der Waals surface area (Å²) in [6.45, 7) is 0. The van der Waals surface area contributed by atoms with Crippen molar-refractivity contribution < 1.29 is 4.79 Å². The van der Waals surface area contributed by atoms with Gasteiger partial charge in [0.2, 0.25) is 0 Å². The van der Waals surface area contributed by atoms with Gasteiger partial charge in [0.05, 0.1) is 0 Å². The van der Waals surface area contributed by atoms with Gasteiger partial charge in [-0.05, 0) is 37.2 Å². The van der Waals surface area contributed by atoms with E-state index in [9.17, 15) is 4.79 Å². The largest absolute Gasteiger partial charge is 0.294 e. The molecule has 0 N–H and O–H groups in total. The highest BCUT2D eigenvalue weighted by Gasteiger charge is 2.25. The molecule has 0 amide bonds. The summed E-state index contributed by atoms with van der Waals surface area (Å²) in [6.07, 6.45) is 14.8. The molecule has 3 rings (SSSR count). The lowest BCUT2D eigenvalue weighted by Crippen LogP contribution is -2.20. The van der Waals surface area contributed by atoms with Crippen molar-refractivity contribution in [2.45, 2.75) is 64.2 Å². The number of hydrogen-bond donors (Lipinski definition) is 0. The molecule has 1 heteroatoms. The van der Waals surface area contributed by atoms with Crippen LogP contribution in [-0.4, -0.2) is 5.78 Å². The molecule has 2 saturated carbocycles. The summed E-state index contributed by atoms with van der Waals surface area (Å²) < 4.78 is 0. The Balaban J connectivity index is 1.85. The van der Waals surface area contributed by atoms with Crippen molar-refractivity contribution in [2.24, 2.45) is 11.8 Å². The van der Waals surface area contributed by atoms with Crippen LogP contribution in [0.5, 0.6) is 0 Å². The maximum Gasteiger partial charge on any atom is 0.166 e. The van der Waals surface area contributed by atoms with Crippen molar-refractivity contribution in [1.29, 1.82) is 0 Å². The number of Topliss-reactive ketones (excluding diaryl/α,β-unsaturated/α-hetero) is 1. The highest BCUT2D eigenvalue weighted by molar-refractivity contribution is 6.21. The molecule has 22 heavy (non-hydrogen) atoms. The Morgan fingerprint density at radius 2 is 1.41 bits per heavy atom. The first-order chi connectivity index (χ1) is 10.8. The van der Waals surface area contributed by atoms with Crippen molar-refractivity contribution in [3.63, 3.8) is 0 Å². The van der Waals surface area contributed by atoms with E-state index in [0.29, 0.717) is 11.7 Å². The van der Waals surface area contributed by atoms with E-state index in [1.165, 1.54) is 51.4 Å². The molecule has 0 spiro atoms. The van der Waals surface area contributed by atoms with E-state index in [-0.39, 0.29) is 5.92 Å². The molecule has 0 unspecified atom stereocenters. The maximum absolute atomic E-state index is 13.1. The summed E-state index contributed by atoms with van der Waals surface area (Å²) in [7, 11) is 0. The first-order valence-corrected chi connectivity index (χ1v) is 9.16. The van der Waals surface area contributed by atoms with E-state index < -0.39 is 0 Å². The molecule has 118 valence electrons. The van der Waals surface area contributed by atoms with E-state index in [1.807, 2.05) is 6.07 Å². The van der Waals surface area contributed by atoms with Crippen LogP contribution in [0.3, 0.4) is 0 Å². The van der Waals surface area contributed by atoms with Gasteiger partial charge in [-0.3, -0.25) is 4.79 Å². The van der Waals surface area contributed by atoms with Crippen molar-refractivity contribution in [3.05, 3.63) is 42.0 Å². The molecule has 0 bridgehead atoms. The minimum atomic E-state index is 0.267. The van der Waals surface area contributed by atoms with E-state index in [4.69, 9.17) is 0 Å². The van der Waals surface area contributed by atoms with Crippen LogP contribution in [0.2, 0.25) is 0 Å². The first-order valence-electron chi connectivity index (χ1n) is 9.16. The topological polar surface area (TPSA) is 17.1 Å². The summed E-state index contributed by atoms with van der Waals surface area (Å²) in [5.41, 5.74) is 2.14. The predicted molar refractivity (Wildman–Crippen MR) is 92.6 cm³/mol. The van der Waals surface area contributed by atoms with Gasteiger partial charge in [-0.25, -0.2) is 0 Å². The van der Waals surface area contributed by atoms with Crippen LogP contribution in [0.15, 0.2) is 36.4 Å². The molecule has 1 nitrogen and oxygen atoms in total. The van der Waals surface area contributed by atoms with Gasteiger partial charge in [0.25, 0.3) is 0 Å².